The van der Waals surface area contributed by atoms with Crippen LogP contribution in [0.15, 0.2) is 0 Å². The van der Waals surface area contributed by atoms with Crippen LogP contribution in [0.3, 0.4) is 0 Å². The number of carbonyl (C=O) groups is 1. The molecule has 0 heterocycles. The van der Waals surface area contributed by atoms with Crippen molar-refractivity contribution in [1.29, 1.82) is 0 Å². The van der Waals surface area contributed by atoms with Gasteiger partial charge in [0.2, 0.25) is 6.41 Å². The Morgan fingerprint density at radius 1 is 1.88 bits per heavy atom. The van der Waals surface area contributed by atoms with Crippen molar-refractivity contribution in [2.75, 3.05) is 12.4 Å². The molecule has 0 aliphatic heterocycles. The number of amides is 1. The fourth-order valence-corrected chi connectivity index (χ4v) is 0.348. The van der Waals surface area contributed by atoms with E-state index in [2.05, 4.69) is 5.32 Å². The van der Waals surface area contributed by atoms with Crippen molar-refractivity contribution in [3.05, 3.63) is 0 Å². The largest absolute Gasteiger partial charge is 0.390 e. The number of rotatable bonds is 4. The Kier molecular flexibility index (Phi) is 4.70. The number of alkyl halides is 1. The average molecular weight is 138 g/mol. The normalized spacial score (nSPS) is 12.8. The number of hydrogen-bond donors (Lipinski definition) is 2. The second-order valence-electron chi connectivity index (χ2n) is 1.33. The van der Waals surface area contributed by atoms with Gasteiger partial charge < -0.3 is 10.4 Å². The minimum absolute atomic E-state index is 0.154. The third-order valence-electron chi connectivity index (χ3n) is 0.615. The first kappa shape index (κ1) is 7.72. The summed E-state index contributed by atoms with van der Waals surface area (Å²) >= 11 is 5.18. The van der Waals surface area contributed by atoms with Crippen molar-refractivity contribution in [2.45, 2.75) is 6.10 Å². The molecule has 0 aromatic carbocycles. The van der Waals surface area contributed by atoms with Crippen molar-refractivity contribution in [3.63, 3.8) is 0 Å². The topological polar surface area (TPSA) is 49.3 Å². The van der Waals surface area contributed by atoms with E-state index in [4.69, 9.17) is 16.7 Å². The van der Waals surface area contributed by atoms with Gasteiger partial charge in [-0.1, -0.05) is 0 Å². The van der Waals surface area contributed by atoms with Gasteiger partial charge in [-0.2, -0.15) is 0 Å². The summed E-state index contributed by atoms with van der Waals surface area (Å²) in [4.78, 5) is 9.56. The molecule has 0 unspecified atom stereocenters. The Labute approximate surface area is 52.6 Å². The molecule has 0 aliphatic rings. The van der Waals surface area contributed by atoms with Gasteiger partial charge in [-0.25, -0.2) is 0 Å². The second-order valence-corrected chi connectivity index (χ2v) is 1.64. The summed E-state index contributed by atoms with van der Waals surface area (Å²) in [6.07, 6.45) is -0.0997. The first-order valence-electron chi connectivity index (χ1n) is 2.22. The molecule has 0 aromatic rings. The summed E-state index contributed by atoms with van der Waals surface area (Å²) < 4.78 is 0. The molecule has 0 saturated heterocycles. The average Bonchev–Trinajstić information content (AvgIpc) is 1.83. The minimum Gasteiger partial charge on any atom is -0.390 e. The number of carbonyl (C=O) groups excluding carboxylic acids is 1. The maximum Gasteiger partial charge on any atom is 0.207 e. The Balaban J connectivity index is 2.97. The number of aliphatic hydroxyl groups is 1. The quantitative estimate of drug-likeness (QED) is 0.399. The molecule has 8 heavy (non-hydrogen) atoms. The Morgan fingerprint density at radius 3 is 2.88 bits per heavy atom. The van der Waals surface area contributed by atoms with Crippen LogP contribution < -0.4 is 5.32 Å². The highest BCUT2D eigenvalue weighted by molar-refractivity contribution is 6.18. The van der Waals surface area contributed by atoms with Crippen LogP contribution in [-0.2, 0) is 4.79 Å². The van der Waals surface area contributed by atoms with Crippen LogP contribution in [0, 0.1) is 0 Å². The maximum absolute atomic E-state index is 9.56. The van der Waals surface area contributed by atoms with E-state index in [0.717, 1.165) is 0 Å². The summed E-state index contributed by atoms with van der Waals surface area (Å²) in [7, 11) is 0. The van der Waals surface area contributed by atoms with E-state index in [9.17, 15) is 4.79 Å². The SMILES string of the molecule is O=CNC[C@H](O)CCl. The van der Waals surface area contributed by atoms with Gasteiger partial charge in [-0.15, -0.1) is 11.6 Å². The molecule has 2 N–H and O–H groups in total. The maximum atomic E-state index is 9.56. The third kappa shape index (κ3) is 3.89. The van der Waals surface area contributed by atoms with E-state index < -0.39 is 6.10 Å². The summed E-state index contributed by atoms with van der Waals surface area (Å²) in [6, 6.07) is 0. The Hall–Kier alpha value is -0.280. The van der Waals surface area contributed by atoms with Gasteiger partial charge in [0.25, 0.3) is 0 Å². The van der Waals surface area contributed by atoms with Gasteiger partial charge in [-0.3, -0.25) is 4.79 Å². The van der Waals surface area contributed by atoms with E-state index in [-0.39, 0.29) is 12.4 Å². The molecule has 0 rings (SSSR count). The highest BCUT2D eigenvalue weighted by Gasteiger charge is 1.97. The monoisotopic (exact) mass is 137 g/mol. The number of hydrogen-bond acceptors (Lipinski definition) is 2. The molecule has 0 aromatic heterocycles. The van der Waals surface area contributed by atoms with Crippen LogP contribution in [0.2, 0.25) is 0 Å². The lowest BCUT2D eigenvalue weighted by atomic mass is 10.4. The van der Waals surface area contributed by atoms with Crippen LogP contribution in [0.1, 0.15) is 0 Å². The fourth-order valence-electron chi connectivity index (χ4n) is 0.239. The summed E-state index contributed by atoms with van der Waals surface area (Å²) in [5.74, 6) is 0.154. The molecule has 48 valence electrons. The first-order chi connectivity index (χ1) is 3.81. The van der Waals surface area contributed by atoms with E-state index in [0.29, 0.717) is 6.41 Å². The zero-order chi connectivity index (χ0) is 6.41. The van der Waals surface area contributed by atoms with Gasteiger partial charge >= 0.3 is 0 Å². The lowest BCUT2D eigenvalue weighted by molar-refractivity contribution is -0.109. The molecule has 3 nitrogen and oxygen atoms in total. The first-order valence-corrected chi connectivity index (χ1v) is 2.75. The zero-order valence-electron chi connectivity index (χ0n) is 4.30. The molecule has 0 radical (unpaired) electrons. The molecule has 1 amide bonds. The number of halogens is 1. The van der Waals surface area contributed by atoms with Gasteiger partial charge in [-0.05, 0) is 0 Å². The molecular weight excluding hydrogens is 130 g/mol. The smallest absolute Gasteiger partial charge is 0.207 e. The predicted molar refractivity (Wildman–Crippen MR) is 30.8 cm³/mol. The van der Waals surface area contributed by atoms with Crippen molar-refractivity contribution in [1.82, 2.24) is 5.32 Å². The molecule has 0 aliphatic carbocycles. The lowest BCUT2D eigenvalue weighted by Gasteiger charge is -2.02. The highest BCUT2D eigenvalue weighted by atomic mass is 35.5. The molecule has 0 bridgehead atoms. The third-order valence-corrected chi connectivity index (χ3v) is 0.971. The molecule has 0 spiro atoms. The van der Waals surface area contributed by atoms with Crippen molar-refractivity contribution in [3.8, 4) is 0 Å². The lowest BCUT2D eigenvalue weighted by Crippen LogP contribution is -2.26. The predicted octanol–water partition coefficient (Wildman–Crippen LogP) is -0.668. The van der Waals surface area contributed by atoms with Gasteiger partial charge in [0.1, 0.15) is 0 Å². The van der Waals surface area contributed by atoms with Crippen LogP contribution in [0.5, 0.6) is 0 Å². The molecule has 1 atom stereocenters. The van der Waals surface area contributed by atoms with Crippen LogP contribution >= 0.6 is 11.6 Å². The highest BCUT2D eigenvalue weighted by Crippen LogP contribution is 1.82. The van der Waals surface area contributed by atoms with E-state index in [1.807, 2.05) is 0 Å². The van der Waals surface area contributed by atoms with Crippen LogP contribution in [-0.4, -0.2) is 30.0 Å². The fraction of sp³-hybridized carbons (Fsp3) is 0.750. The number of nitrogens with one attached hydrogen (secondary N) is 1. The standard InChI is InChI=1S/C4H8ClNO2/c5-1-4(8)2-6-3-7/h3-4,8H,1-2H2,(H,6,7)/t4-/m1/s1. The molecule has 4 heteroatoms. The van der Waals surface area contributed by atoms with E-state index in [1.165, 1.54) is 0 Å². The summed E-state index contributed by atoms with van der Waals surface area (Å²) in [5.41, 5.74) is 0. The van der Waals surface area contributed by atoms with Crippen LogP contribution in [0.4, 0.5) is 0 Å². The van der Waals surface area contributed by atoms with Gasteiger partial charge in [0.15, 0.2) is 0 Å². The molecule has 0 saturated carbocycles. The Morgan fingerprint density at radius 2 is 2.50 bits per heavy atom. The second kappa shape index (κ2) is 4.87. The zero-order valence-corrected chi connectivity index (χ0v) is 5.06. The minimum atomic E-state index is -0.623. The van der Waals surface area contributed by atoms with Gasteiger partial charge in [0, 0.05) is 6.54 Å². The van der Waals surface area contributed by atoms with Crippen molar-refractivity contribution >= 4 is 18.0 Å². The van der Waals surface area contributed by atoms with E-state index in [1.54, 1.807) is 0 Å². The summed E-state index contributed by atoms with van der Waals surface area (Å²) in [6.45, 7) is 0.229. The molecule has 0 fully saturated rings. The Bertz CT molecular complexity index is 69.1. The van der Waals surface area contributed by atoms with Crippen molar-refractivity contribution < 1.29 is 9.90 Å². The molecular formula is C4H8ClNO2. The van der Waals surface area contributed by atoms with Crippen molar-refractivity contribution in [2.24, 2.45) is 0 Å². The van der Waals surface area contributed by atoms with E-state index >= 15 is 0 Å². The van der Waals surface area contributed by atoms with Gasteiger partial charge in [0.05, 0.1) is 12.0 Å². The summed E-state index contributed by atoms with van der Waals surface area (Å²) in [5, 5.41) is 10.9. The number of aliphatic hydroxyl groups excluding tert-OH is 1. The van der Waals surface area contributed by atoms with Crippen LogP contribution in [0.25, 0.3) is 0 Å².